The van der Waals surface area contributed by atoms with Crippen LogP contribution in [-0.2, 0) is 6.42 Å². The Morgan fingerprint density at radius 2 is 1.68 bits per heavy atom. The maximum Gasteiger partial charge on any atom is 0.257 e. The van der Waals surface area contributed by atoms with Gasteiger partial charge in [-0.25, -0.2) is 14.4 Å². The number of para-hydroxylation sites is 2. The Hall–Kier alpha value is -4.46. The van der Waals surface area contributed by atoms with Crippen LogP contribution in [-0.4, -0.2) is 34.1 Å². The lowest BCUT2D eigenvalue weighted by Crippen LogP contribution is -2.26. The first-order chi connectivity index (χ1) is 16.5. The number of anilines is 1. The van der Waals surface area contributed by atoms with Gasteiger partial charge in [-0.1, -0.05) is 24.3 Å². The normalized spacial score (nSPS) is 11.1. The van der Waals surface area contributed by atoms with Crippen LogP contribution in [0.25, 0.3) is 27.9 Å². The zero-order valence-corrected chi connectivity index (χ0v) is 18.5. The van der Waals surface area contributed by atoms with E-state index in [0.717, 1.165) is 11.3 Å². The van der Waals surface area contributed by atoms with Gasteiger partial charge in [-0.3, -0.25) is 9.36 Å². The zero-order valence-electron chi connectivity index (χ0n) is 18.5. The van der Waals surface area contributed by atoms with Crippen LogP contribution < -0.4 is 15.8 Å². The van der Waals surface area contributed by atoms with Crippen molar-refractivity contribution < 1.29 is 13.9 Å². The number of rotatable bonds is 6. The SMILES string of the molecule is COc1ccc(-n2c(N)c(C(=O)NCCc3ccc(F)cc3)c3nc4ccccc4nc32)cc1. The van der Waals surface area contributed by atoms with Gasteiger partial charge in [-0.15, -0.1) is 0 Å². The van der Waals surface area contributed by atoms with Crippen LogP contribution in [0.1, 0.15) is 15.9 Å². The Morgan fingerprint density at radius 3 is 2.35 bits per heavy atom. The van der Waals surface area contributed by atoms with Crippen molar-refractivity contribution in [2.45, 2.75) is 6.42 Å². The highest BCUT2D eigenvalue weighted by atomic mass is 19.1. The molecule has 0 fully saturated rings. The lowest BCUT2D eigenvalue weighted by atomic mass is 10.1. The van der Waals surface area contributed by atoms with Crippen molar-refractivity contribution in [1.29, 1.82) is 0 Å². The molecule has 7 nitrogen and oxygen atoms in total. The third-order valence-electron chi connectivity index (χ3n) is 5.67. The summed E-state index contributed by atoms with van der Waals surface area (Å²) in [7, 11) is 1.60. The van der Waals surface area contributed by atoms with Gasteiger partial charge in [-0.05, 0) is 60.5 Å². The number of aromatic nitrogens is 3. The van der Waals surface area contributed by atoms with E-state index in [1.165, 1.54) is 12.1 Å². The Labute approximate surface area is 195 Å². The van der Waals surface area contributed by atoms with Gasteiger partial charge in [-0.2, -0.15) is 0 Å². The van der Waals surface area contributed by atoms with E-state index in [0.29, 0.717) is 40.9 Å². The van der Waals surface area contributed by atoms with Crippen LogP contribution in [0.5, 0.6) is 5.75 Å². The smallest absolute Gasteiger partial charge is 0.257 e. The minimum Gasteiger partial charge on any atom is -0.497 e. The summed E-state index contributed by atoms with van der Waals surface area (Å²) in [6.45, 7) is 0.361. The highest BCUT2D eigenvalue weighted by Gasteiger charge is 2.24. The van der Waals surface area contributed by atoms with Crippen molar-refractivity contribution in [2.75, 3.05) is 19.4 Å². The van der Waals surface area contributed by atoms with E-state index in [1.807, 2.05) is 48.5 Å². The number of nitrogens with two attached hydrogens (primary N) is 1. The molecule has 0 bridgehead atoms. The van der Waals surface area contributed by atoms with Gasteiger partial charge in [0.25, 0.3) is 5.91 Å². The molecule has 170 valence electrons. The van der Waals surface area contributed by atoms with E-state index in [1.54, 1.807) is 23.8 Å². The lowest BCUT2D eigenvalue weighted by molar-refractivity contribution is 0.0956. The molecule has 0 radical (unpaired) electrons. The van der Waals surface area contributed by atoms with E-state index in [9.17, 15) is 9.18 Å². The Balaban J connectivity index is 1.55. The number of halogens is 1. The minimum absolute atomic E-state index is 0.245. The summed E-state index contributed by atoms with van der Waals surface area (Å²) < 4.78 is 20.1. The van der Waals surface area contributed by atoms with Crippen LogP contribution in [0.15, 0.2) is 72.8 Å². The number of methoxy groups -OCH3 is 1. The topological polar surface area (TPSA) is 95.1 Å². The monoisotopic (exact) mass is 455 g/mol. The average molecular weight is 455 g/mol. The molecule has 0 spiro atoms. The van der Waals surface area contributed by atoms with Gasteiger partial charge in [0, 0.05) is 12.2 Å². The van der Waals surface area contributed by atoms with Gasteiger partial charge in [0.1, 0.15) is 28.5 Å². The first-order valence-corrected chi connectivity index (χ1v) is 10.8. The van der Waals surface area contributed by atoms with Crippen molar-refractivity contribution >= 4 is 33.9 Å². The van der Waals surface area contributed by atoms with Crippen LogP contribution >= 0.6 is 0 Å². The number of nitrogens with one attached hydrogen (secondary N) is 1. The van der Waals surface area contributed by atoms with Gasteiger partial charge in [0.15, 0.2) is 5.65 Å². The van der Waals surface area contributed by atoms with Gasteiger partial charge >= 0.3 is 0 Å². The number of nitrogens with zero attached hydrogens (tertiary/aromatic N) is 3. The van der Waals surface area contributed by atoms with Crippen LogP contribution in [0.2, 0.25) is 0 Å². The second-order valence-corrected chi connectivity index (χ2v) is 7.81. The number of amides is 1. The maximum atomic E-state index is 13.3. The fourth-order valence-electron chi connectivity index (χ4n) is 3.94. The van der Waals surface area contributed by atoms with Crippen LogP contribution in [0.4, 0.5) is 10.2 Å². The van der Waals surface area contributed by atoms with Crippen molar-refractivity contribution in [1.82, 2.24) is 19.9 Å². The molecule has 0 aliphatic rings. The number of benzene rings is 3. The molecule has 3 N–H and O–H groups in total. The highest BCUT2D eigenvalue weighted by molar-refractivity contribution is 6.11. The summed E-state index contributed by atoms with van der Waals surface area (Å²) in [6, 6.07) is 21.0. The molecular formula is C26H22FN5O2. The summed E-state index contributed by atoms with van der Waals surface area (Å²) in [5.41, 5.74) is 10.7. The fraction of sp³-hybridized carbons (Fsp3) is 0.115. The highest BCUT2D eigenvalue weighted by Crippen LogP contribution is 2.31. The third kappa shape index (κ3) is 3.90. The number of carbonyl (C=O) groups excluding carboxylic acids is 1. The number of hydrogen-bond donors (Lipinski definition) is 2. The molecule has 0 aliphatic heterocycles. The molecule has 0 saturated carbocycles. The molecule has 2 aromatic heterocycles. The maximum absolute atomic E-state index is 13.3. The van der Waals surface area contributed by atoms with Crippen molar-refractivity contribution in [2.24, 2.45) is 0 Å². The predicted octanol–water partition coefficient (Wildman–Crippen LogP) is 4.28. The lowest BCUT2D eigenvalue weighted by Gasteiger charge is -2.09. The number of nitrogen functional groups attached to an aromatic ring is 1. The Kier molecular flexibility index (Phi) is 5.55. The Bertz CT molecular complexity index is 1490. The van der Waals surface area contributed by atoms with Gasteiger partial charge in [0.05, 0.1) is 18.1 Å². The first-order valence-electron chi connectivity index (χ1n) is 10.8. The number of ether oxygens (including phenoxy) is 1. The molecule has 34 heavy (non-hydrogen) atoms. The standard InChI is InChI=1S/C26H22FN5O2/c1-34-19-12-10-18(11-13-19)32-24(28)22(23-25(32)31-21-5-3-2-4-20(21)30-23)26(33)29-15-14-16-6-8-17(27)9-7-16/h2-13H,14-15,28H2,1H3,(H,29,33). The molecule has 8 heteroatoms. The first kappa shape index (κ1) is 21.4. The molecule has 5 aromatic rings. The summed E-state index contributed by atoms with van der Waals surface area (Å²) in [5, 5.41) is 2.91. The molecule has 5 rings (SSSR count). The quantitative estimate of drug-likeness (QED) is 0.399. The van der Waals surface area contributed by atoms with E-state index >= 15 is 0 Å². The largest absolute Gasteiger partial charge is 0.497 e. The zero-order chi connectivity index (χ0) is 23.7. The molecule has 0 saturated heterocycles. The molecule has 3 aromatic carbocycles. The van der Waals surface area contributed by atoms with Crippen molar-refractivity contribution in [3.8, 4) is 11.4 Å². The second-order valence-electron chi connectivity index (χ2n) is 7.81. The molecule has 0 aliphatic carbocycles. The minimum atomic E-state index is -0.346. The summed E-state index contributed by atoms with van der Waals surface area (Å²) >= 11 is 0. The molecular weight excluding hydrogens is 433 g/mol. The third-order valence-corrected chi connectivity index (χ3v) is 5.67. The molecule has 0 unspecified atom stereocenters. The van der Waals surface area contributed by atoms with Crippen molar-refractivity contribution in [3.05, 3.63) is 89.7 Å². The van der Waals surface area contributed by atoms with Crippen LogP contribution in [0.3, 0.4) is 0 Å². The Morgan fingerprint density at radius 1 is 1.00 bits per heavy atom. The number of carbonyl (C=O) groups is 1. The van der Waals surface area contributed by atoms with Gasteiger partial charge < -0.3 is 15.8 Å². The van der Waals surface area contributed by atoms with Crippen molar-refractivity contribution in [3.63, 3.8) is 0 Å². The molecule has 2 heterocycles. The summed E-state index contributed by atoms with van der Waals surface area (Å²) in [4.78, 5) is 22.7. The fourth-order valence-corrected chi connectivity index (χ4v) is 3.94. The van der Waals surface area contributed by atoms with E-state index < -0.39 is 0 Å². The predicted molar refractivity (Wildman–Crippen MR) is 130 cm³/mol. The summed E-state index contributed by atoms with van der Waals surface area (Å²) in [6.07, 6.45) is 0.553. The molecule has 1 amide bonds. The second kappa shape index (κ2) is 8.82. The number of fused-ring (bicyclic) bond motifs is 2. The van der Waals surface area contributed by atoms with E-state index in [2.05, 4.69) is 5.32 Å². The molecule has 0 atom stereocenters. The van der Waals surface area contributed by atoms with E-state index in [-0.39, 0.29) is 23.1 Å². The number of hydrogen-bond acceptors (Lipinski definition) is 5. The summed E-state index contributed by atoms with van der Waals surface area (Å²) in [5.74, 6) is 0.308. The van der Waals surface area contributed by atoms with Crippen LogP contribution in [0, 0.1) is 5.82 Å². The van der Waals surface area contributed by atoms with Gasteiger partial charge in [0.2, 0.25) is 0 Å². The van der Waals surface area contributed by atoms with E-state index in [4.69, 9.17) is 20.4 Å². The average Bonchev–Trinajstić information content (AvgIpc) is 3.14.